The molecule has 1 aromatic heterocycles. The molecule has 0 spiro atoms. The van der Waals surface area contributed by atoms with Crippen LogP contribution in [0.4, 0.5) is 5.69 Å². The molecule has 1 N–H and O–H groups in total. The normalized spacial score (nSPS) is 10.5. The van der Waals surface area contributed by atoms with Gasteiger partial charge in [0.2, 0.25) is 11.7 Å². The van der Waals surface area contributed by atoms with Crippen molar-refractivity contribution in [1.82, 2.24) is 20.2 Å². The number of aryl methyl sites for hydroxylation is 2. The quantitative estimate of drug-likeness (QED) is 0.747. The summed E-state index contributed by atoms with van der Waals surface area (Å²) in [4.78, 5) is 13.4. The summed E-state index contributed by atoms with van der Waals surface area (Å²) >= 11 is 0. The number of anilines is 1. The summed E-state index contributed by atoms with van der Waals surface area (Å²) in [5, 5.41) is 14.8. The predicted molar refractivity (Wildman–Crippen MR) is 93.1 cm³/mol. The number of hydrogen-bond donors (Lipinski definition) is 1. The third kappa shape index (κ3) is 4.63. The first-order valence-corrected chi connectivity index (χ1v) is 7.92. The zero-order valence-corrected chi connectivity index (χ0v) is 14.1. The maximum absolute atomic E-state index is 12.2. The minimum absolute atomic E-state index is 0.00822. The number of benzene rings is 2. The summed E-state index contributed by atoms with van der Waals surface area (Å²) < 4.78 is 5.56. The number of tetrazole rings is 1. The molecule has 0 fully saturated rings. The van der Waals surface area contributed by atoms with Crippen LogP contribution in [0.15, 0.2) is 48.5 Å². The summed E-state index contributed by atoms with van der Waals surface area (Å²) in [6.07, 6.45) is 0. The molecule has 128 valence electrons. The molecule has 0 aliphatic rings. The molecule has 3 rings (SSSR count). The van der Waals surface area contributed by atoms with Crippen molar-refractivity contribution in [2.45, 2.75) is 27.0 Å². The minimum atomic E-state index is -0.207. The number of rotatable bonds is 6. The highest BCUT2D eigenvalue weighted by Gasteiger charge is 2.10. The number of aromatic nitrogens is 4. The van der Waals surface area contributed by atoms with Crippen LogP contribution in [0.1, 0.15) is 17.0 Å². The number of para-hydroxylation sites is 1. The molecule has 0 unspecified atom stereocenters. The van der Waals surface area contributed by atoms with Crippen LogP contribution in [-0.2, 0) is 17.9 Å². The Balaban J connectivity index is 1.55. The first kappa shape index (κ1) is 16.6. The Kier molecular flexibility index (Phi) is 5.03. The van der Waals surface area contributed by atoms with Crippen LogP contribution in [0.25, 0.3) is 0 Å². The first-order chi connectivity index (χ1) is 12.1. The Labute approximate surface area is 145 Å². The van der Waals surface area contributed by atoms with Gasteiger partial charge in [0.1, 0.15) is 12.3 Å². The number of carbonyl (C=O) groups excluding carboxylic acids is 1. The fourth-order valence-corrected chi connectivity index (χ4v) is 2.25. The molecule has 2 aromatic carbocycles. The van der Waals surface area contributed by atoms with Gasteiger partial charge in [0.05, 0.1) is 0 Å². The van der Waals surface area contributed by atoms with E-state index in [0.717, 1.165) is 22.6 Å². The van der Waals surface area contributed by atoms with Crippen molar-refractivity contribution in [2.75, 3.05) is 5.32 Å². The van der Waals surface area contributed by atoms with Gasteiger partial charge in [-0.2, -0.15) is 4.80 Å². The van der Waals surface area contributed by atoms with Gasteiger partial charge in [0.15, 0.2) is 6.61 Å². The highest BCUT2D eigenvalue weighted by molar-refractivity contribution is 5.91. The van der Waals surface area contributed by atoms with Gasteiger partial charge >= 0.3 is 0 Å². The van der Waals surface area contributed by atoms with E-state index in [9.17, 15) is 4.79 Å². The molecule has 25 heavy (non-hydrogen) atoms. The lowest BCUT2D eigenvalue weighted by molar-refractivity contribution is -0.117. The molecule has 7 heteroatoms. The number of carbonyl (C=O) groups is 1. The molecule has 0 radical (unpaired) electrons. The molecule has 0 aliphatic carbocycles. The van der Waals surface area contributed by atoms with E-state index in [1.54, 1.807) is 0 Å². The number of amides is 1. The zero-order valence-electron chi connectivity index (χ0n) is 14.1. The maximum atomic E-state index is 12.2. The van der Waals surface area contributed by atoms with Crippen LogP contribution in [-0.4, -0.2) is 26.1 Å². The SMILES string of the molecule is Cc1ccc(C)c(NC(=O)Cn2nnc(COc3ccccc3)n2)c1. The van der Waals surface area contributed by atoms with Gasteiger partial charge < -0.3 is 10.1 Å². The second-order valence-electron chi connectivity index (χ2n) is 5.70. The van der Waals surface area contributed by atoms with Crippen LogP contribution in [0.3, 0.4) is 0 Å². The maximum Gasteiger partial charge on any atom is 0.248 e. The third-order valence-corrected chi connectivity index (χ3v) is 3.56. The number of nitrogens with one attached hydrogen (secondary N) is 1. The summed E-state index contributed by atoms with van der Waals surface area (Å²) in [5.74, 6) is 0.941. The molecular weight excluding hydrogens is 318 g/mol. The smallest absolute Gasteiger partial charge is 0.248 e. The molecule has 0 saturated carbocycles. The van der Waals surface area contributed by atoms with Crippen molar-refractivity contribution in [2.24, 2.45) is 0 Å². The molecule has 0 saturated heterocycles. The number of ether oxygens (including phenoxy) is 1. The van der Waals surface area contributed by atoms with E-state index < -0.39 is 0 Å². The van der Waals surface area contributed by atoms with E-state index >= 15 is 0 Å². The standard InChI is InChI=1S/C18H19N5O2/c1-13-8-9-14(2)16(10-13)19-18(24)11-23-21-17(20-22-23)12-25-15-6-4-3-5-7-15/h3-10H,11-12H2,1-2H3,(H,19,24). The molecule has 0 aliphatic heterocycles. The van der Waals surface area contributed by atoms with Crippen LogP contribution >= 0.6 is 0 Å². The average Bonchev–Trinajstić information content (AvgIpc) is 3.04. The molecular formula is C18H19N5O2. The molecule has 1 amide bonds. The van der Waals surface area contributed by atoms with E-state index in [1.165, 1.54) is 4.80 Å². The van der Waals surface area contributed by atoms with Crippen molar-refractivity contribution in [1.29, 1.82) is 0 Å². The van der Waals surface area contributed by atoms with Crippen molar-refractivity contribution in [3.63, 3.8) is 0 Å². The second kappa shape index (κ2) is 7.57. The van der Waals surface area contributed by atoms with Crippen LogP contribution in [0.5, 0.6) is 5.75 Å². The Morgan fingerprint density at radius 2 is 1.96 bits per heavy atom. The zero-order chi connectivity index (χ0) is 17.6. The van der Waals surface area contributed by atoms with Crippen molar-refractivity contribution in [3.05, 3.63) is 65.5 Å². The lowest BCUT2D eigenvalue weighted by Gasteiger charge is -2.08. The Hall–Kier alpha value is -3.22. The van der Waals surface area contributed by atoms with Gasteiger partial charge in [-0.3, -0.25) is 4.79 Å². The highest BCUT2D eigenvalue weighted by Crippen LogP contribution is 2.16. The average molecular weight is 337 g/mol. The minimum Gasteiger partial charge on any atom is -0.485 e. The van der Waals surface area contributed by atoms with Crippen LogP contribution < -0.4 is 10.1 Å². The van der Waals surface area contributed by atoms with Gasteiger partial charge in [0.25, 0.3) is 0 Å². The summed E-state index contributed by atoms with van der Waals surface area (Å²) in [6.45, 7) is 4.11. The van der Waals surface area contributed by atoms with Gasteiger partial charge in [0, 0.05) is 5.69 Å². The largest absolute Gasteiger partial charge is 0.485 e. The molecule has 7 nitrogen and oxygen atoms in total. The summed E-state index contributed by atoms with van der Waals surface area (Å²) in [6, 6.07) is 15.3. The van der Waals surface area contributed by atoms with E-state index in [4.69, 9.17) is 4.74 Å². The Bertz CT molecular complexity index is 861. The van der Waals surface area contributed by atoms with Crippen LogP contribution in [0.2, 0.25) is 0 Å². The van der Waals surface area contributed by atoms with Crippen molar-refractivity contribution < 1.29 is 9.53 Å². The predicted octanol–water partition coefficient (Wildman–Crippen LogP) is 2.51. The van der Waals surface area contributed by atoms with Gasteiger partial charge in [-0.05, 0) is 48.4 Å². The fraction of sp³-hybridized carbons (Fsp3) is 0.222. The second-order valence-corrected chi connectivity index (χ2v) is 5.70. The first-order valence-electron chi connectivity index (χ1n) is 7.92. The lowest BCUT2D eigenvalue weighted by atomic mass is 10.1. The van der Waals surface area contributed by atoms with Gasteiger partial charge in [-0.1, -0.05) is 30.3 Å². The topological polar surface area (TPSA) is 81.9 Å². The van der Waals surface area contributed by atoms with E-state index in [1.807, 2.05) is 62.4 Å². The molecule has 0 bridgehead atoms. The summed E-state index contributed by atoms with van der Waals surface area (Å²) in [5.41, 5.74) is 2.88. The number of hydrogen-bond acceptors (Lipinski definition) is 5. The monoisotopic (exact) mass is 337 g/mol. The molecule has 1 heterocycles. The van der Waals surface area contributed by atoms with E-state index in [0.29, 0.717) is 5.82 Å². The number of nitrogens with zero attached hydrogens (tertiary/aromatic N) is 4. The van der Waals surface area contributed by atoms with E-state index in [-0.39, 0.29) is 19.1 Å². The lowest BCUT2D eigenvalue weighted by Crippen LogP contribution is -2.21. The van der Waals surface area contributed by atoms with Gasteiger partial charge in [-0.15, -0.1) is 10.2 Å². The molecule has 3 aromatic rings. The third-order valence-electron chi connectivity index (χ3n) is 3.56. The van der Waals surface area contributed by atoms with E-state index in [2.05, 4.69) is 20.7 Å². The van der Waals surface area contributed by atoms with Crippen LogP contribution in [0, 0.1) is 13.8 Å². The Morgan fingerprint density at radius 1 is 1.16 bits per heavy atom. The highest BCUT2D eigenvalue weighted by atomic mass is 16.5. The van der Waals surface area contributed by atoms with Gasteiger partial charge in [-0.25, -0.2) is 0 Å². The summed E-state index contributed by atoms with van der Waals surface area (Å²) in [7, 11) is 0. The Morgan fingerprint density at radius 3 is 2.76 bits per heavy atom. The molecule has 0 atom stereocenters. The van der Waals surface area contributed by atoms with Crippen molar-refractivity contribution in [3.8, 4) is 5.75 Å². The fourth-order valence-electron chi connectivity index (χ4n) is 2.25. The van der Waals surface area contributed by atoms with Crippen molar-refractivity contribution >= 4 is 11.6 Å².